The molecule has 3 rings (SSSR count). The van der Waals surface area contributed by atoms with Gasteiger partial charge in [0.05, 0.1) is 6.21 Å². The molecule has 2 N–H and O–H groups in total. The summed E-state index contributed by atoms with van der Waals surface area (Å²) in [4.78, 5) is 23.7. The monoisotopic (exact) mass is 425 g/mol. The molecule has 0 unspecified atom stereocenters. The van der Waals surface area contributed by atoms with Crippen LogP contribution in [-0.4, -0.2) is 18.0 Å². The number of carbonyl (C=O) groups excluding carboxylic acids is 2. The predicted molar refractivity (Wildman–Crippen MR) is 113 cm³/mol. The zero-order valence-corrected chi connectivity index (χ0v) is 16.4. The molecular formula is C22H17ClFN3O3. The van der Waals surface area contributed by atoms with Crippen molar-refractivity contribution in [1.82, 2.24) is 5.43 Å². The van der Waals surface area contributed by atoms with Gasteiger partial charge in [0.25, 0.3) is 0 Å². The van der Waals surface area contributed by atoms with E-state index in [1.54, 1.807) is 54.6 Å². The van der Waals surface area contributed by atoms with Gasteiger partial charge < -0.3 is 10.1 Å². The molecule has 0 bridgehead atoms. The van der Waals surface area contributed by atoms with Crippen molar-refractivity contribution < 1.29 is 18.7 Å². The Morgan fingerprint density at radius 2 is 1.77 bits per heavy atom. The lowest BCUT2D eigenvalue weighted by atomic mass is 10.2. The molecule has 0 saturated carbocycles. The average Bonchev–Trinajstić information content (AvgIpc) is 2.73. The second-order valence-electron chi connectivity index (χ2n) is 6.15. The van der Waals surface area contributed by atoms with Gasteiger partial charge in [-0.3, -0.25) is 9.59 Å². The zero-order chi connectivity index (χ0) is 21.3. The van der Waals surface area contributed by atoms with Gasteiger partial charge in [0.1, 0.15) is 18.2 Å². The van der Waals surface area contributed by atoms with E-state index in [1.807, 2.05) is 0 Å². The van der Waals surface area contributed by atoms with Crippen LogP contribution in [0.5, 0.6) is 5.75 Å². The van der Waals surface area contributed by atoms with Gasteiger partial charge in [-0.15, -0.1) is 0 Å². The van der Waals surface area contributed by atoms with E-state index in [9.17, 15) is 14.0 Å². The summed E-state index contributed by atoms with van der Waals surface area (Å²) in [6, 6.07) is 19.4. The Kier molecular flexibility index (Phi) is 7.13. The quantitative estimate of drug-likeness (QED) is 0.354. The molecule has 152 valence electrons. The standard InChI is InChI=1S/C22H17ClFN3O3/c23-17-4-2-5-19(12-17)26-21(28)22(29)27-25-13-16-3-1-6-20(11-16)30-14-15-7-9-18(24)10-8-15/h1-13H,14H2,(H,26,28)(H,27,29)/b25-13-. The minimum Gasteiger partial charge on any atom is -0.489 e. The Labute approximate surface area is 177 Å². The van der Waals surface area contributed by atoms with Crippen LogP contribution in [0.25, 0.3) is 0 Å². The van der Waals surface area contributed by atoms with Crippen LogP contribution in [0, 0.1) is 5.82 Å². The maximum atomic E-state index is 12.9. The van der Waals surface area contributed by atoms with Gasteiger partial charge in [0, 0.05) is 10.7 Å². The molecule has 0 aromatic heterocycles. The summed E-state index contributed by atoms with van der Waals surface area (Å²) in [6.45, 7) is 0.279. The molecule has 0 fully saturated rings. The number of anilines is 1. The number of hydrazone groups is 1. The van der Waals surface area contributed by atoms with Crippen molar-refractivity contribution in [3.05, 3.63) is 94.8 Å². The highest BCUT2D eigenvalue weighted by Gasteiger charge is 2.12. The Balaban J connectivity index is 1.51. The second-order valence-corrected chi connectivity index (χ2v) is 6.59. The average molecular weight is 426 g/mol. The number of nitrogens with zero attached hydrogens (tertiary/aromatic N) is 1. The van der Waals surface area contributed by atoms with Crippen molar-refractivity contribution in [2.75, 3.05) is 5.32 Å². The molecule has 0 atom stereocenters. The second kappa shape index (κ2) is 10.2. The van der Waals surface area contributed by atoms with Crippen LogP contribution < -0.4 is 15.5 Å². The third kappa shape index (κ3) is 6.42. The van der Waals surface area contributed by atoms with Crippen molar-refractivity contribution in [3.63, 3.8) is 0 Å². The minimum atomic E-state index is -0.921. The zero-order valence-electron chi connectivity index (χ0n) is 15.6. The SMILES string of the molecule is O=C(N/N=C\c1cccc(OCc2ccc(F)cc2)c1)C(=O)Nc1cccc(Cl)c1. The summed E-state index contributed by atoms with van der Waals surface area (Å²) in [5, 5.41) is 6.64. The fourth-order valence-corrected chi connectivity index (χ4v) is 2.59. The lowest BCUT2D eigenvalue weighted by Gasteiger charge is -2.07. The first kappa shape index (κ1) is 21.0. The lowest BCUT2D eigenvalue weighted by molar-refractivity contribution is -0.136. The molecule has 0 aliphatic heterocycles. The predicted octanol–water partition coefficient (Wildman–Crippen LogP) is 4.15. The molecule has 0 spiro atoms. The Hall–Kier alpha value is -3.71. The van der Waals surface area contributed by atoms with E-state index >= 15 is 0 Å². The van der Waals surface area contributed by atoms with Gasteiger partial charge in [-0.05, 0) is 53.6 Å². The van der Waals surface area contributed by atoms with E-state index in [2.05, 4.69) is 15.8 Å². The third-order valence-electron chi connectivity index (χ3n) is 3.85. The summed E-state index contributed by atoms with van der Waals surface area (Å²) in [6.07, 6.45) is 1.38. The molecular weight excluding hydrogens is 409 g/mol. The molecule has 6 nitrogen and oxygen atoms in total. The fourth-order valence-electron chi connectivity index (χ4n) is 2.40. The highest BCUT2D eigenvalue weighted by molar-refractivity contribution is 6.39. The number of rotatable bonds is 6. The number of carbonyl (C=O) groups is 2. The van der Waals surface area contributed by atoms with Crippen molar-refractivity contribution in [2.45, 2.75) is 6.61 Å². The maximum Gasteiger partial charge on any atom is 0.329 e. The normalized spacial score (nSPS) is 10.6. The van der Waals surface area contributed by atoms with Crippen LogP contribution in [0.1, 0.15) is 11.1 Å². The van der Waals surface area contributed by atoms with Gasteiger partial charge in [-0.2, -0.15) is 5.10 Å². The van der Waals surface area contributed by atoms with Crippen molar-refractivity contribution in [1.29, 1.82) is 0 Å². The summed E-state index contributed by atoms with van der Waals surface area (Å²) in [7, 11) is 0. The third-order valence-corrected chi connectivity index (χ3v) is 4.08. The maximum absolute atomic E-state index is 12.9. The van der Waals surface area contributed by atoms with E-state index in [-0.39, 0.29) is 12.4 Å². The molecule has 30 heavy (non-hydrogen) atoms. The van der Waals surface area contributed by atoms with Crippen LogP contribution in [0.2, 0.25) is 5.02 Å². The highest BCUT2D eigenvalue weighted by Crippen LogP contribution is 2.15. The Bertz CT molecular complexity index is 1070. The molecule has 0 saturated heterocycles. The summed E-state index contributed by atoms with van der Waals surface area (Å²) < 4.78 is 18.6. The number of benzene rings is 3. The smallest absolute Gasteiger partial charge is 0.329 e. The lowest BCUT2D eigenvalue weighted by Crippen LogP contribution is -2.32. The van der Waals surface area contributed by atoms with E-state index in [0.29, 0.717) is 22.0 Å². The minimum absolute atomic E-state index is 0.279. The van der Waals surface area contributed by atoms with Crippen molar-refractivity contribution in [2.24, 2.45) is 5.10 Å². The summed E-state index contributed by atoms with van der Waals surface area (Å²) in [5.74, 6) is -1.52. The van der Waals surface area contributed by atoms with Crippen LogP contribution in [0.4, 0.5) is 10.1 Å². The fraction of sp³-hybridized carbons (Fsp3) is 0.0455. The summed E-state index contributed by atoms with van der Waals surface area (Å²) in [5.41, 5.74) is 4.04. The number of hydrogen-bond acceptors (Lipinski definition) is 4. The van der Waals surface area contributed by atoms with Gasteiger partial charge in [-0.25, -0.2) is 9.82 Å². The van der Waals surface area contributed by atoms with E-state index in [0.717, 1.165) is 5.56 Å². The molecule has 8 heteroatoms. The van der Waals surface area contributed by atoms with Gasteiger partial charge >= 0.3 is 11.8 Å². The first-order chi connectivity index (χ1) is 14.5. The molecule has 0 radical (unpaired) electrons. The Morgan fingerprint density at radius 1 is 1.00 bits per heavy atom. The first-order valence-electron chi connectivity index (χ1n) is 8.87. The van der Waals surface area contributed by atoms with Crippen LogP contribution >= 0.6 is 11.6 Å². The van der Waals surface area contributed by atoms with E-state index in [1.165, 1.54) is 24.4 Å². The summed E-state index contributed by atoms with van der Waals surface area (Å²) >= 11 is 5.83. The molecule has 0 aliphatic carbocycles. The highest BCUT2D eigenvalue weighted by atomic mass is 35.5. The largest absolute Gasteiger partial charge is 0.489 e. The molecule has 0 aliphatic rings. The van der Waals surface area contributed by atoms with Crippen molar-refractivity contribution in [3.8, 4) is 5.75 Å². The van der Waals surface area contributed by atoms with Gasteiger partial charge in [0.15, 0.2) is 0 Å². The van der Waals surface area contributed by atoms with Crippen LogP contribution in [-0.2, 0) is 16.2 Å². The van der Waals surface area contributed by atoms with E-state index < -0.39 is 11.8 Å². The number of nitrogens with one attached hydrogen (secondary N) is 2. The topological polar surface area (TPSA) is 79.8 Å². The number of hydrogen-bond donors (Lipinski definition) is 2. The Morgan fingerprint density at radius 3 is 2.53 bits per heavy atom. The van der Waals surface area contributed by atoms with Crippen LogP contribution in [0.3, 0.4) is 0 Å². The molecule has 2 amide bonds. The van der Waals surface area contributed by atoms with Crippen LogP contribution in [0.15, 0.2) is 77.9 Å². The van der Waals surface area contributed by atoms with Crippen molar-refractivity contribution >= 4 is 35.3 Å². The number of ether oxygens (including phenoxy) is 1. The van der Waals surface area contributed by atoms with Gasteiger partial charge in [-0.1, -0.05) is 41.9 Å². The first-order valence-corrected chi connectivity index (χ1v) is 9.25. The van der Waals surface area contributed by atoms with E-state index in [4.69, 9.17) is 16.3 Å². The number of amides is 2. The molecule has 3 aromatic carbocycles. The van der Waals surface area contributed by atoms with Gasteiger partial charge in [0.2, 0.25) is 0 Å². The molecule has 0 heterocycles. The number of halogens is 2. The molecule has 3 aromatic rings.